The number of nitrogens with one attached hydrogen (secondary N) is 1. The maximum atomic E-state index is 12.3. The number of hydrogen-bond acceptors (Lipinski definition) is 3. The van der Waals surface area contributed by atoms with Crippen molar-refractivity contribution in [3.8, 4) is 0 Å². The smallest absolute Gasteiger partial charge is 0.240 e. The number of rotatable bonds is 5. The highest BCUT2D eigenvalue weighted by atomic mass is 32.2. The molecule has 0 saturated heterocycles. The van der Waals surface area contributed by atoms with Crippen LogP contribution in [0.1, 0.15) is 32.6 Å². The number of sulfonamides is 1. The summed E-state index contributed by atoms with van der Waals surface area (Å²) in [6, 6.07) is 8.38. The zero-order valence-corrected chi connectivity index (χ0v) is 12.0. The van der Waals surface area contributed by atoms with E-state index in [1.807, 2.05) is 13.0 Å². The lowest BCUT2D eigenvalue weighted by molar-refractivity contribution is 0.0184. The van der Waals surface area contributed by atoms with E-state index in [4.69, 9.17) is 4.74 Å². The van der Waals surface area contributed by atoms with Gasteiger partial charge in [-0.15, -0.1) is 0 Å². The van der Waals surface area contributed by atoms with Crippen LogP contribution in [0.4, 0.5) is 0 Å². The van der Waals surface area contributed by atoms with E-state index in [1.54, 1.807) is 24.3 Å². The second-order valence-corrected chi connectivity index (χ2v) is 6.53. The molecule has 1 N–H and O–H groups in total. The van der Waals surface area contributed by atoms with Crippen LogP contribution in [0.2, 0.25) is 0 Å². The Kier molecular flexibility index (Phi) is 4.96. The Morgan fingerprint density at radius 2 is 1.89 bits per heavy atom. The van der Waals surface area contributed by atoms with Crippen molar-refractivity contribution < 1.29 is 13.2 Å². The Labute approximate surface area is 115 Å². The van der Waals surface area contributed by atoms with Gasteiger partial charge in [-0.05, 0) is 31.9 Å². The Balaban J connectivity index is 2.10. The average Bonchev–Trinajstić information content (AvgIpc) is 2.42. The van der Waals surface area contributed by atoms with Gasteiger partial charge in [-0.3, -0.25) is 0 Å². The second kappa shape index (κ2) is 6.50. The van der Waals surface area contributed by atoms with Crippen LogP contribution in [0.5, 0.6) is 0 Å². The lowest BCUT2D eigenvalue weighted by Crippen LogP contribution is -2.46. The van der Waals surface area contributed by atoms with Crippen LogP contribution in [-0.4, -0.2) is 27.2 Å². The molecule has 1 aliphatic rings. The van der Waals surface area contributed by atoms with Gasteiger partial charge in [0.05, 0.1) is 11.0 Å². The summed E-state index contributed by atoms with van der Waals surface area (Å²) in [5, 5.41) is 0. The van der Waals surface area contributed by atoms with Crippen molar-refractivity contribution in [3.63, 3.8) is 0 Å². The van der Waals surface area contributed by atoms with Crippen molar-refractivity contribution in [3.05, 3.63) is 30.3 Å². The summed E-state index contributed by atoms with van der Waals surface area (Å²) >= 11 is 0. The molecule has 0 heterocycles. The van der Waals surface area contributed by atoms with Crippen molar-refractivity contribution in [2.75, 3.05) is 6.61 Å². The van der Waals surface area contributed by atoms with E-state index < -0.39 is 10.0 Å². The van der Waals surface area contributed by atoms with Gasteiger partial charge in [0, 0.05) is 12.6 Å². The topological polar surface area (TPSA) is 55.4 Å². The average molecular weight is 283 g/mol. The summed E-state index contributed by atoms with van der Waals surface area (Å²) < 4.78 is 33.0. The van der Waals surface area contributed by atoms with E-state index in [0.717, 1.165) is 25.7 Å². The molecular weight excluding hydrogens is 262 g/mol. The van der Waals surface area contributed by atoms with Crippen LogP contribution in [-0.2, 0) is 14.8 Å². The first-order valence-corrected chi connectivity index (χ1v) is 8.31. The summed E-state index contributed by atoms with van der Waals surface area (Å²) in [7, 11) is -3.44. The summed E-state index contributed by atoms with van der Waals surface area (Å²) in [4.78, 5) is 0.316. The highest BCUT2D eigenvalue weighted by Crippen LogP contribution is 2.23. The number of benzene rings is 1. The lowest BCUT2D eigenvalue weighted by Gasteiger charge is -2.31. The van der Waals surface area contributed by atoms with Crippen molar-refractivity contribution in [2.45, 2.75) is 49.6 Å². The van der Waals surface area contributed by atoms with Crippen LogP contribution < -0.4 is 4.72 Å². The number of hydrogen-bond donors (Lipinski definition) is 1. The van der Waals surface area contributed by atoms with Crippen molar-refractivity contribution in [2.24, 2.45) is 0 Å². The van der Waals surface area contributed by atoms with Crippen molar-refractivity contribution in [1.82, 2.24) is 4.72 Å². The summed E-state index contributed by atoms with van der Waals surface area (Å²) in [6.07, 6.45) is 3.92. The van der Waals surface area contributed by atoms with Gasteiger partial charge in [0.1, 0.15) is 0 Å². The zero-order chi connectivity index (χ0) is 13.7. The molecule has 0 radical (unpaired) electrons. The van der Waals surface area contributed by atoms with Crippen LogP contribution in [0.3, 0.4) is 0 Å². The highest BCUT2D eigenvalue weighted by molar-refractivity contribution is 7.89. The predicted octanol–water partition coefficient (Wildman–Crippen LogP) is 2.31. The van der Waals surface area contributed by atoms with E-state index >= 15 is 0 Å². The molecule has 0 aromatic heterocycles. The SMILES string of the molecule is CCO[C@@H]1CCCC[C@@H]1NS(=O)(=O)c1ccccc1. The third kappa shape index (κ3) is 3.78. The molecule has 0 unspecified atom stereocenters. The van der Waals surface area contributed by atoms with Gasteiger partial charge in [0.25, 0.3) is 0 Å². The quantitative estimate of drug-likeness (QED) is 0.902. The van der Waals surface area contributed by atoms with E-state index in [2.05, 4.69) is 4.72 Å². The minimum Gasteiger partial charge on any atom is -0.377 e. The minimum atomic E-state index is -3.44. The van der Waals surface area contributed by atoms with E-state index in [1.165, 1.54) is 0 Å². The fourth-order valence-electron chi connectivity index (χ4n) is 2.51. The Morgan fingerprint density at radius 1 is 1.21 bits per heavy atom. The molecule has 2 rings (SSSR count). The predicted molar refractivity (Wildman–Crippen MR) is 74.4 cm³/mol. The Hall–Kier alpha value is -0.910. The summed E-state index contributed by atoms with van der Waals surface area (Å²) in [5.74, 6) is 0. The molecule has 1 aliphatic carbocycles. The molecule has 1 fully saturated rings. The van der Waals surface area contributed by atoms with Gasteiger partial charge < -0.3 is 4.74 Å². The largest absolute Gasteiger partial charge is 0.377 e. The van der Waals surface area contributed by atoms with E-state index in [-0.39, 0.29) is 12.1 Å². The van der Waals surface area contributed by atoms with Gasteiger partial charge in [-0.1, -0.05) is 31.0 Å². The van der Waals surface area contributed by atoms with Crippen molar-refractivity contribution >= 4 is 10.0 Å². The molecule has 19 heavy (non-hydrogen) atoms. The zero-order valence-electron chi connectivity index (χ0n) is 11.2. The maximum Gasteiger partial charge on any atom is 0.240 e. The van der Waals surface area contributed by atoms with Gasteiger partial charge >= 0.3 is 0 Å². The first-order chi connectivity index (χ1) is 9.13. The van der Waals surface area contributed by atoms with Crippen LogP contribution in [0.25, 0.3) is 0 Å². The van der Waals surface area contributed by atoms with Gasteiger partial charge in [-0.25, -0.2) is 13.1 Å². The maximum absolute atomic E-state index is 12.3. The highest BCUT2D eigenvalue weighted by Gasteiger charge is 2.29. The third-order valence-electron chi connectivity index (χ3n) is 3.44. The molecule has 0 aliphatic heterocycles. The molecule has 5 heteroatoms. The molecule has 4 nitrogen and oxygen atoms in total. The minimum absolute atomic E-state index is 0.00256. The Bertz CT molecular complexity index is 485. The number of ether oxygens (including phenoxy) is 1. The van der Waals surface area contributed by atoms with Crippen LogP contribution >= 0.6 is 0 Å². The normalized spacial score (nSPS) is 24.3. The van der Waals surface area contributed by atoms with Crippen LogP contribution in [0, 0.1) is 0 Å². The monoisotopic (exact) mass is 283 g/mol. The van der Waals surface area contributed by atoms with Gasteiger partial charge in [0.2, 0.25) is 10.0 Å². The molecule has 0 spiro atoms. The molecule has 0 amide bonds. The van der Waals surface area contributed by atoms with Gasteiger partial charge in [0.15, 0.2) is 0 Å². The molecule has 0 bridgehead atoms. The first kappa shape index (κ1) is 14.5. The summed E-state index contributed by atoms with van der Waals surface area (Å²) in [6.45, 7) is 2.56. The van der Waals surface area contributed by atoms with E-state index in [0.29, 0.717) is 11.5 Å². The Morgan fingerprint density at radius 3 is 2.58 bits per heavy atom. The molecule has 1 aromatic carbocycles. The molecule has 106 valence electrons. The molecule has 1 saturated carbocycles. The fraction of sp³-hybridized carbons (Fsp3) is 0.571. The molecule has 2 atom stereocenters. The standard InChI is InChI=1S/C14H21NO3S/c1-2-18-14-11-7-6-10-13(14)15-19(16,17)12-8-4-3-5-9-12/h3-5,8-9,13-15H,2,6-7,10-11H2,1H3/t13-,14+/m0/s1. The first-order valence-electron chi connectivity index (χ1n) is 6.82. The third-order valence-corrected chi connectivity index (χ3v) is 4.95. The molecular formula is C14H21NO3S. The fourth-order valence-corrected chi connectivity index (χ4v) is 3.83. The van der Waals surface area contributed by atoms with Crippen LogP contribution in [0.15, 0.2) is 35.2 Å². The van der Waals surface area contributed by atoms with Crippen molar-refractivity contribution in [1.29, 1.82) is 0 Å². The lowest BCUT2D eigenvalue weighted by atomic mass is 9.93. The molecule has 1 aromatic rings. The second-order valence-electron chi connectivity index (χ2n) is 4.82. The summed E-state index contributed by atoms with van der Waals surface area (Å²) in [5.41, 5.74) is 0. The van der Waals surface area contributed by atoms with Gasteiger partial charge in [-0.2, -0.15) is 0 Å². The van der Waals surface area contributed by atoms with E-state index in [9.17, 15) is 8.42 Å².